The number of hydrogen-bond acceptors (Lipinski definition) is 4. The molecule has 1 fully saturated rings. The molecular formula is C25H34IN3O3. The van der Waals surface area contributed by atoms with Gasteiger partial charge in [0, 0.05) is 31.6 Å². The average molecular weight is 551 g/mol. The van der Waals surface area contributed by atoms with E-state index in [4.69, 9.17) is 19.2 Å². The van der Waals surface area contributed by atoms with Gasteiger partial charge in [0.05, 0.1) is 20.2 Å². The van der Waals surface area contributed by atoms with Gasteiger partial charge in [0.1, 0.15) is 17.6 Å². The van der Waals surface area contributed by atoms with Crippen LogP contribution in [0.3, 0.4) is 0 Å². The van der Waals surface area contributed by atoms with E-state index in [0.29, 0.717) is 6.54 Å². The molecule has 0 aliphatic carbocycles. The summed E-state index contributed by atoms with van der Waals surface area (Å²) in [6.07, 6.45) is 2.97. The highest BCUT2D eigenvalue weighted by atomic mass is 127. The number of benzene rings is 2. The molecule has 6 nitrogen and oxygen atoms in total. The number of guanidine groups is 1. The number of ether oxygens (including phenoxy) is 3. The summed E-state index contributed by atoms with van der Waals surface area (Å²) in [5.41, 5.74) is 2.55. The van der Waals surface area contributed by atoms with Crippen LogP contribution in [-0.4, -0.2) is 52.0 Å². The van der Waals surface area contributed by atoms with Gasteiger partial charge in [0.15, 0.2) is 5.96 Å². The molecule has 174 valence electrons. The van der Waals surface area contributed by atoms with Crippen LogP contribution in [0.1, 0.15) is 30.9 Å². The van der Waals surface area contributed by atoms with E-state index in [1.807, 2.05) is 24.3 Å². The zero-order valence-corrected chi connectivity index (χ0v) is 21.3. The first-order valence-electron chi connectivity index (χ1n) is 11.2. The molecule has 0 saturated carbocycles. The predicted molar refractivity (Wildman–Crippen MR) is 139 cm³/mol. The van der Waals surface area contributed by atoms with Crippen LogP contribution in [-0.2, 0) is 16.6 Å². The minimum Gasteiger partial charge on any atom is -0.497 e. The minimum atomic E-state index is -0.0209. The number of fused-ring (bicyclic) bond motifs is 1. The monoisotopic (exact) mass is 551 g/mol. The number of nitrogens with zero attached hydrogens (tertiary/aromatic N) is 1. The molecule has 2 N–H and O–H groups in total. The molecule has 2 aliphatic heterocycles. The molecule has 0 bridgehead atoms. The summed E-state index contributed by atoms with van der Waals surface area (Å²) >= 11 is 0. The number of methoxy groups -OCH3 is 1. The molecule has 1 unspecified atom stereocenters. The van der Waals surface area contributed by atoms with E-state index in [1.54, 1.807) is 7.11 Å². The van der Waals surface area contributed by atoms with Gasteiger partial charge in [-0.05, 0) is 49.1 Å². The Morgan fingerprint density at radius 1 is 1.09 bits per heavy atom. The van der Waals surface area contributed by atoms with E-state index in [-0.39, 0.29) is 35.5 Å². The van der Waals surface area contributed by atoms with E-state index < -0.39 is 0 Å². The lowest BCUT2D eigenvalue weighted by Gasteiger charge is -2.36. The third-order valence-electron chi connectivity index (χ3n) is 6.25. The van der Waals surface area contributed by atoms with Crippen LogP contribution in [0.25, 0.3) is 0 Å². The molecule has 7 heteroatoms. The van der Waals surface area contributed by atoms with Crippen molar-refractivity contribution >= 4 is 29.9 Å². The van der Waals surface area contributed by atoms with Crippen molar-refractivity contribution in [1.82, 2.24) is 10.6 Å². The first-order valence-corrected chi connectivity index (χ1v) is 11.2. The molecule has 0 amide bonds. The van der Waals surface area contributed by atoms with Crippen molar-refractivity contribution in [1.29, 1.82) is 0 Å². The van der Waals surface area contributed by atoms with Gasteiger partial charge >= 0.3 is 0 Å². The van der Waals surface area contributed by atoms with Crippen molar-refractivity contribution in [2.24, 2.45) is 4.99 Å². The molecule has 0 spiro atoms. The molecule has 1 saturated heterocycles. The van der Waals surface area contributed by atoms with Gasteiger partial charge in [0.25, 0.3) is 0 Å². The summed E-state index contributed by atoms with van der Waals surface area (Å²) in [5, 5.41) is 6.87. The highest BCUT2D eigenvalue weighted by Gasteiger charge is 2.34. The van der Waals surface area contributed by atoms with Gasteiger partial charge in [-0.1, -0.05) is 30.3 Å². The van der Waals surface area contributed by atoms with Crippen LogP contribution in [0.15, 0.2) is 53.5 Å². The first-order chi connectivity index (χ1) is 15.2. The fraction of sp³-hybridized carbons (Fsp3) is 0.480. The van der Waals surface area contributed by atoms with Crippen molar-refractivity contribution < 1.29 is 14.2 Å². The van der Waals surface area contributed by atoms with Gasteiger partial charge in [-0.15, -0.1) is 24.0 Å². The third-order valence-corrected chi connectivity index (χ3v) is 6.25. The molecule has 1 atom stereocenters. The second-order valence-corrected chi connectivity index (χ2v) is 8.25. The molecule has 2 heterocycles. The molecule has 2 aliphatic rings. The zero-order valence-electron chi connectivity index (χ0n) is 18.9. The maximum absolute atomic E-state index is 6.07. The molecule has 2 aromatic rings. The van der Waals surface area contributed by atoms with Crippen molar-refractivity contribution in [3.05, 3.63) is 59.7 Å². The van der Waals surface area contributed by atoms with E-state index in [9.17, 15) is 0 Å². The Kier molecular flexibility index (Phi) is 9.04. The predicted octanol–water partition coefficient (Wildman–Crippen LogP) is 3.92. The first kappa shape index (κ1) is 24.6. The minimum absolute atomic E-state index is 0. The summed E-state index contributed by atoms with van der Waals surface area (Å²) in [6.45, 7) is 5.87. The lowest BCUT2D eigenvalue weighted by atomic mass is 9.74. The largest absolute Gasteiger partial charge is 0.497 e. The van der Waals surface area contributed by atoms with Crippen molar-refractivity contribution in [3.8, 4) is 11.5 Å². The molecular weight excluding hydrogens is 517 g/mol. The number of aliphatic imine (C=N–C) groups is 1. The number of nitrogens with one attached hydrogen (secondary N) is 2. The molecule has 4 rings (SSSR count). The lowest BCUT2D eigenvalue weighted by Crippen LogP contribution is -2.44. The summed E-state index contributed by atoms with van der Waals surface area (Å²) in [6, 6.07) is 16.7. The van der Waals surface area contributed by atoms with Crippen LogP contribution >= 0.6 is 24.0 Å². The van der Waals surface area contributed by atoms with Gasteiger partial charge < -0.3 is 24.8 Å². The molecule has 2 aromatic carbocycles. The Morgan fingerprint density at radius 3 is 2.53 bits per heavy atom. The van der Waals surface area contributed by atoms with Crippen molar-refractivity contribution in [2.45, 2.75) is 37.7 Å². The van der Waals surface area contributed by atoms with Gasteiger partial charge in [-0.25, -0.2) is 0 Å². The SMILES string of the molecule is CCNC(=NCC1(c2ccc(OC)cc2)CCOCC1)NCC1Cc2ccccc2O1.I. The van der Waals surface area contributed by atoms with Crippen LogP contribution < -0.4 is 20.1 Å². The lowest BCUT2D eigenvalue weighted by molar-refractivity contribution is 0.0531. The summed E-state index contributed by atoms with van der Waals surface area (Å²) < 4.78 is 17.1. The van der Waals surface area contributed by atoms with Gasteiger partial charge in [-0.3, -0.25) is 4.99 Å². The van der Waals surface area contributed by atoms with Crippen LogP contribution in [0.5, 0.6) is 11.5 Å². The molecule has 32 heavy (non-hydrogen) atoms. The summed E-state index contributed by atoms with van der Waals surface area (Å²) in [7, 11) is 1.70. The maximum Gasteiger partial charge on any atom is 0.191 e. The van der Waals surface area contributed by atoms with E-state index in [1.165, 1.54) is 11.1 Å². The van der Waals surface area contributed by atoms with Gasteiger partial charge in [0.2, 0.25) is 0 Å². The number of rotatable bonds is 7. The fourth-order valence-corrected chi connectivity index (χ4v) is 4.40. The fourth-order valence-electron chi connectivity index (χ4n) is 4.40. The Morgan fingerprint density at radius 2 is 1.84 bits per heavy atom. The smallest absolute Gasteiger partial charge is 0.191 e. The van der Waals surface area contributed by atoms with Crippen LogP contribution in [0.2, 0.25) is 0 Å². The third kappa shape index (κ3) is 5.86. The second-order valence-electron chi connectivity index (χ2n) is 8.25. The van der Waals surface area contributed by atoms with Crippen LogP contribution in [0, 0.1) is 0 Å². The van der Waals surface area contributed by atoms with Crippen molar-refractivity contribution in [2.75, 3.05) is 40.0 Å². The number of para-hydroxylation sites is 1. The Bertz CT molecular complexity index is 857. The summed E-state index contributed by atoms with van der Waals surface area (Å²) in [4.78, 5) is 4.99. The normalized spacial score (nSPS) is 19.3. The standard InChI is InChI=1S/C25H33N3O3.HI/c1-3-26-24(27-17-22-16-19-6-4-5-7-23(19)31-22)28-18-25(12-14-30-15-13-25)20-8-10-21(29-2)11-9-20;/h4-11,22H,3,12-18H2,1-2H3,(H2,26,27,28);1H. The topological polar surface area (TPSA) is 64.1 Å². The zero-order chi connectivity index (χ0) is 21.5. The van der Waals surface area contributed by atoms with E-state index in [2.05, 4.69) is 41.8 Å². The molecule has 0 radical (unpaired) electrons. The number of halogens is 1. The van der Waals surface area contributed by atoms with Crippen LogP contribution in [0.4, 0.5) is 0 Å². The Labute approximate surface area is 208 Å². The number of hydrogen-bond donors (Lipinski definition) is 2. The van der Waals surface area contributed by atoms with E-state index in [0.717, 1.165) is 63.0 Å². The maximum atomic E-state index is 6.07. The van der Waals surface area contributed by atoms with Crippen molar-refractivity contribution in [3.63, 3.8) is 0 Å². The average Bonchev–Trinajstić information content (AvgIpc) is 3.24. The highest BCUT2D eigenvalue weighted by molar-refractivity contribution is 14.0. The Hall–Kier alpha value is -2.00. The summed E-state index contributed by atoms with van der Waals surface area (Å²) in [5.74, 6) is 2.71. The quantitative estimate of drug-likeness (QED) is 0.311. The Balaban J connectivity index is 0.00000289. The second kappa shape index (κ2) is 11.7. The molecule has 0 aromatic heterocycles. The van der Waals surface area contributed by atoms with Gasteiger partial charge in [-0.2, -0.15) is 0 Å². The highest BCUT2D eigenvalue weighted by Crippen LogP contribution is 2.36. The van der Waals surface area contributed by atoms with E-state index >= 15 is 0 Å².